The van der Waals surface area contributed by atoms with Gasteiger partial charge in [-0.05, 0) is 46.7 Å². The standard InChI is InChI=1S/C15H31N3O/c1-13(2)18-8-9-19-15(12-18)10-16-14(3)11-17-6-4-5-7-17/h13-16H,4-12H2,1-3H3. The lowest BCUT2D eigenvalue weighted by Gasteiger charge is -2.36. The van der Waals surface area contributed by atoms with Crippen LogP contribution in [0.15, 0.2) is 0 Å². The summed E-state index contributed by atoms with van der Waals surface area (Å²) < 4.78 is 5.86. The van der Waals surface area contributed by atoms with Gasteiger partial charge < -0.3 is 15.0 Å². The first-order valence-corrected chi connectivity index (χ1v) is 7.96. The van der Waals surface area contributed by atoms with Crippen LogP contribution in [-0.2, 0) is 4.74 Å². The van der Waals surface area contributed by atoms with Gasteiger partial charge in [0, 0.05) is 38.3 Å². The molecule has 2 unspecified atom stereocenters. The molecule has 4 heteroatoms. The smallest absolute Gasteiger partial charge is 0.0826 e. The van der Waals surface area contributed by atoms with Crippen molar-refractivity contribution in [2.75, 3.05) is 45.9 Å². The SMILES string of the molecule is CC(CN1CCCC1)NCC1CN(C(C)C)CCO1. The molecule has 2 saturated heterocycles. The molecule has 2 heterocycles. The van der Waals surface area contributed by atoms with Gasteiger partial charge in [-0.25, -0.2) is 0 Å². The first-order chi connectivity index (χ1) is 9.15. The number of nitrogens with zero attached hydrogens (tertiary/aromatic N) is 2. The molecule has 4 nitrogen and oxygen atoms in total. The molecule has 19 heavy (non-hydrogen) atoms. The summed E-state index contributed by atoms with van der Waals surface area (Å²) in [5, 5.41) is 3.65. The van der Waals surface area contributed by atoms with Crippen molar-refractivity contribution in [3.63, 3.8) is 0 Å². The van der Waals surface area contributed by atoms with Crippen LogP contribution in [-0.4, -0.2) is 73.9 Å². The fourth-order valence-electron chi connectivity index (χ4n) is 3.08. The first kappa shape index (κ1) is 15.2. The normalized spacial score (nSPS) is 28.1. The lowest BCUT2D eigenvalue weighted by atomic mass is 10.2. The highest BCUT2D eigenvalue weighted by molar-refractivity contribution is 4.78. The summed E-state index contributed by atoms with van der Waals surface area (Å²) in [6.07, 6.45) is 3.11. The topological polar surface area (TPSA) is 27.7 Å². The quantitative estimate of drug-likeness (QED) is 0.783. The number of morpholine rings is 1. The van der Waals surface area contributed by atoms with E-state index in [2.05, 4.69) is 35.9 Å². The van der Waals surface area contributed by atoms with Crippen LogP contribution in [0.25, 0.3) is 0 Å². The molecule has 112 valence electrons. The number of ether oxygens (including phenoxy) is 1. The molecule has 0 radical (unpaired) electrons. The molecule has 0 amide bonds. The van der Waals surface area contributed by atoms with Gasteiger partial charge in [0.25, 0.3) is 0 Å². The lowest BCUT2D eigenvalue weighted by molar-refractivity contribution is -0.0382. The molecule has 0 saturated carbocycles. The predicted octanol–water partition coefficient (Wildman–Crippen LogP) is 1.17. The highest BCUT2D eigenvalue weighted by Gasteiger charge is 2.22. The molecule has 2 fully saturated rings. The number of nitrogens with one attached hydrogen (secondary N) is 1. The van der Waals surface area contributed by atoms with Gasteiger partial charge in [0.05, 0.1) is 12.7 Å². The second-order valence-electron chi connectivity index (χ2n) is 6.40. The summed E-state index contributed by atoms with van der Waals surface area (Å²) in [6, 6.07) is 1.20. The van der Waals surface area contributed by atoms with Gasteiger partial charge in [0.2, 0.25) is 0 Å². The maximum Gasteiger partial charge on any atom is 0.0826 e. The highest BCUT2D eigenvalue weighted by atomic mass is 16.5. The largest absolute Gasteiger partial charge is 0.374 e. The van der Waals surface area contributed by atoms with E-state index < -0.39 is 0 Å². The Morgan fingerprint density at radius 2 is 1.89 bits per heavy atom. The van der Waals surface area contributed by atoms with Crippen molar-refractivity contribution in [1.29, 1.82) is 0 Å². The molecular formula is C15H31N3O. The molecule has 2 rings (SSSR count). The monoisotopic (exact) mass is 269 g/mol. The van der Waals surface area contributed by atoms with E-state index in [0.29, 0.717) is 18.2 Å². The van der Waals surface area contributed by atoms with Gasteiger partial charge in [-0.3, -0.25) is 4.90 Å². The Hall–Kier alpha value is -0.160. The molecule has 0 aromatic heterocycles. The molecule has 2 atom stereocenters. The number of hydrogen-bond acceptors (Lipinski definition) is 4. The van der Waals surface area contributed by atoms with E-state index in [1.807, 2.05) is 0 Å². The van der Waals surface area contributed by atoms with Crippen molar-refractivity contribution >= 4 is 0 Å². The van der Waals surface area contributed by atoms with E-state index in [-0.39, 0.29) is 0 Å². The van der Waals surface area contributed by atoms with Gasteiger partial charge in [0.15, 0.2) is 0 Å². The maximum atomic E-state index is 5.86. The summed E-state index contributed by atoms with van der Waals surface area (Å²) in [4.78, 5) is 5.08. The van der Waals surface area contributed by atoms with E-state index in [1.165, 1.54) is 32.5 Å². The van der Waals surface area contributed by atoms with Crippen molar-refractivity contribution < 1.29 is 4.74 Å². The van der Waals surface area contributed by atoms with Crippen LogP contribution in [0.5, 0.6) is 0 Å². The first-order valence-electron chi connectivity index (χ1n) is 7.96. The van der Waals surface area contributed by atoms with Gasteiger partial charge in [-0.15, -0.1) is 0 Å². The second-order valence-corrected chi connectivity index (χ2v) is 6.40. The zero-order valence-corrected chi connectivity index (χ0v) is 12.9. The molecule has 2 aliphatic rings. The maximum absolute atomic E-state index is 5.86. The van der Waals surface area contributed by atoms with Crippen LogP contribution in [0.1, 0.15) is 33.6 Å². The van der Waals surface area contributed by atoms with Gasteiger partial charge >= 0.3 is 0 Å². The Kier molecular flexibility index (Phi) is 6.07. The third kappa shape index (κ3) is 5.03. The van der Waals surface area contributed by atoms with Crippen LogP contribution in [0.2, 0.25) is 0 Å². The molecule has 0 spiro atoms. The Morgan fingerprint density at radius 3 is 2.58 bits per heavy atom. The molecule has 0 aromatic rings. The van der Waals surface area contributed by atoms with Crippen LogP contribution in [0, 0.1) is 0 Å². The lowest BCUT2D eigenvalue weighted by Crippen LogP contribution is -2.51. The van der Waals surface area contributed by atoms with E-state index >= 15 is 0 Å². The Bertz CT molecular complexity index is 254. The van der Waals surface area contributed by atoms with Crippen LogP contribution >= 0.6 is 0 Å². The minimum absolute atomic E-state index is 0.358. The van der Waals surface area contributed by atoms with Crippen molar-refractivity contribution in [2.24, 2.45) is 0 Å². The van der Waals surface area contributed by atoms with E-state index in [1.54, 1.807) is 0 Å². The molecule has 0 bridgehead atoms. The van der Waals surface area contributed by atoms with Gasteiger partial charge in [-0.1, -0.05) is 0 Å². The zero-order chi connectivity index (χ0) is 13.7. The van der Waals surface area contributed by atoms with Gasteiger partial charge in [0.1, 0.15) is 0 Å². The summed E-state index contributed by atoms with van der Waals surface area (Å²) in [5.74, 6) is 0. The number of hydrogen-bond donors (Lipinski definition) is 1. The average Bonchev–Trinajstić information content (AvgIpc) is 2.89. The van der Waals surface area contributed by atoms with E-state index in [4.69, 9.17) is 4.74 Å². The van der Waals surface area contributed by atoms with Crippen molar-refractivity contribution in [3.8, 4) is 0 Å². The molecule has 2 aliphatic heterocycles. The minimum atomic E-state index is 0.358. The Labute approximate surface area is 118 Å². The second kappa shape index (κ2) is 7.58. The van der Waals surface area contributed by atoms with Crippen LogP contribution in [0.4, 0.5) is 0 Å². The van der Waals surface area contributed by atoms with Crippen molar-refractivity contribution in [3.05, 3.63) is 0 Å². The minimum Gasteiger partial charge on any atom is -0.374 e. The van der Waals surface area contributed by atoms with Crippen LogP contribution < -0.4 is 5.32 Å². The van der Waals surface area contributed by atoms with E-state index in [0.717, 1.165) is 26.2 Å². The molecular weight excluding hydrogens is 238 g/mol. The summed E-state index contributed by atoms with van der Waals surface area (Å²) in [5.41, 5.74) is 0. The number of rotatable bonds is 6. The Balaban J connectivity index is 1.63. The Morgan fingerprint density at radius 1 is 1.16 bits per heavy atom. The fourth-order valence-corrected chi connectivity index (χ4v) is 3.08. The summed E-state index contributed by atoms with van der Waals surface area (Å²) in [6.45, 7) is 14.6. The van der Waals surface area contributed by atoms with Crippen LogP contribution in [0.3, 0.4) is 0 Å². The third-order valence-electron chi connectivity index (χ3n) is 4.33. The zero-order valence-electron chi connectivity index (χ0n) is 12.9. The average molecular weight is 269 g/mol. The molecule has 0 aliphatic carbocycles. The fraction of sp³-hybridized carbons (Fsp3) is 1.00. The number of likely N-dealkylation sites (tertiary alicyclic amines) is 1. The predicted molar refractivity (Wildman–Crippen MR) is 79.6 cm³/mol. The highest BCUT2D eigenvalue weighted by Crippen LogP contribution is 2.09. The summed E-state index contributed by atoms with van der Waals surface area (Å²) >= 11 is 0. The third-order valence-corrected chi connectivity index (χ3v) is 4.33. The summed E-state index contributed by atoms with van der Waals surface area (Å²) in [7, 11) is 0. The molecule has 1 N–H and O–H groups in total. The van der Waals surface area contributed by atoms with Crippen molar-refractivity contribution in [1.82, 2.24) is 15.1 Å². The van der Waals surface area contributed by atoms with E-state index in [9.17, 15) is 0 Å². The van der Waals surface area contributed by atoms with Crippen molar-refractivity contribution in [2.45, 2.75) is 51.8 Å². The van der Waals surface area contributed by atoms with Gasteiger partial charge in [-0.2, -0.15) is 0 Å². The molecule has 0 aromatic carbocycles.